The Balaban J connectivity index is 1.66. The number of nitrogens with one attached hydrogen (secondary N) is 1. The largest absolute Gasteiger partial charge is 0.486 e. The van der Waals surface area contributed by atoms with Crippen molar-refractivity contribution in [3.8, 4) is 11.5 Å². The highest BCUT2D eigenvalue weighted by Crippen LogP contribution is 2.33. The van der Waals surface area contributed by atoms with Gasteiger partial charge in [-0.1, -0.05) is 25.0 Å². The Hall–Kier alpha value is -1.26. The van der Waals surface area contributed by atoms with Crippen molar-refractivity contribution >= 4 is 0 Å². The molecule has 2 aliphatic rings. The van der Waals surface area contributed by atoms with Gasteiger partial charge in [-0.25, -0.2) is 0 Å². The van der Waals surface area contributed by atoms with Gasteiger partial charge in [-0.2, -0.15) is 0 Å². The highest BCUT2D eigenvalue weighted by Gasteiger charge is 2.23. The van der Waals surface area contributed by atoms with Gasteiger partial charge in [-0.05, 0) is 18.9 Å². The summed E-state index contributed by atoms with van der Waals surface area (Å²) in [7, 11) is 0. The number of benzene rings is 1. The van der Waals surface area contributed by atoms with Crippen molar-refractivity contribution in [3.05, 3.63) is 23.8 Å². The normalized spacial score (nSPS) is 26.2. The van der Waals surface area contributed by atoms with Crippen LogP contribution in [0.25, 0.3) is 0 Å². The molecule has 2 atom stereocenters. The highest BCUT2D eigenvalue weighted by molar-refractivity contribution is 5.47. The number of aliphatic hydroxyl groups is 1. The van der Waals surface area contributed by atoms with Crippen LogP contribution in [0.3, 0.4) is 0 Å². The molecule has 1 saturated carbocycles. The van der Waals surface area contributed by atoms with E-state index in [0.29, 0.717) is 19.8 Å². The van der Waals surface area contributed by atoms with E-state index in [4.69, 9.17) is 9.47 Å². The third kappa shape index (κ3) is 2.85. The van der Waals surface area contributed by atoms with Crippen LogP contribution in [-0.4, -0.2) is 30.5 Å². The molecule has 0 radical (unpaired) electrons. The quantitative estimate of drug-likeness (QED) is 0.874. The van der Waals surface area contributed by atoms with E-state index < -0.39 is 0 Å². The molecular weight excluding hydrogens is 242 g/mol. The second kappa shape index (κ2) is 5.80. The lowest BCUT2D eigenvalue weighted by atomic mass is 9.92. The molecular formula is C15H21NO3. The molecule has 0 bridgehead atoms. The Morgan fingerprint density at radius 1 is 1.16 bits per heavy atom. The predicted molar refractivity (Wildman–Crippen MR) is 72.5 cm³/mol. The molecule has 2 unspecified atom stereocenters. The first-order chi connectivity index (χ1) is 9.34. The molecule has 1 aliphatic carbocycles. The van der Waals surface area contributed by atoms with Gasteiger partial charge < -0.3 is 19.9 Å². The molecule has 19 heavy (non-hydrogen) atoms. The first-order valence-electron chi connectivity index (χ1n) is 7.13. The SMILES string of the molecule is OC1CCCCC1NCc1cccc2c1OCCO2. The number of ether oxygens (including phenoxy) is 2. The van der Waals surface area contributed by atoms with Crippen molar-refractivity contribution in [1.29, 1.82) is 0 Å². The number of fused-ring (bicyclic) bond motifs is 1. The third-order valence-corrected chi connectivity index (χ3v) is 3.93. The van der Waals surface area contributed by atoms with Crippen molar-refractivity contribution in [3.63, 3.8) is 0 Å². The zero-order valence-corrected chi connectivity index (χ0v) is 11.1. The van der Waals surface area contributed by atoms with Gasteiger partial charge in [-0.3, -0.25) is 0 Å². The van der Waals surface area contributed by atoms with Crippen LogP contribution < -0.4 is 14.8 Å². The molecule has 0 aromatic heterocycles. The Morgan fingerprint density at radius 2 is 2.00 bits per heavy atom. The molecule has 3 rings (SSSR count). The Morgan fingerprint density at radius 3 is 2.89 bits per heavy atom. The maximum absolute atomic E-state index is 9.97. The number of hydrogen-bond donors (Lipinski definition) is 2. The summed E-state index contributed by atoms with van der Waals surface area (Å²) in [5.41, 5.74) is 1.11. The molecule has 1 aliphatic heterocycles. The van der Waals surface area contributed by atoms with Gasteiger partial charge in [0.2, 0.25) is 0 Å². The van der Waals surface area contributed by atoms with E-state index in [1.807, 2.05) is 12.1 Å². The number of para-hydroxylation sites is 1. The van der Waals surface area contributed by atoms with E-state index in [9.17, 15) is 5.11 Å². The van der Waals surface area contributed by atoms with Crippen LogP contribution in [0, 0.1) is 0 Å². The van der Waals surface area contributed by atoms with Crippen LogP contribution >= 0.6 is 0 Å². The van der Waals surface area contributed by atoms with Gasteiger partial charge in [0.05, 0.1) is 6.10 Å². The predicted octanol–water partition coefficient (Wildman–Crippen LogP) is 1.85. The first-order valence-corrected chi connectivity index (χ1v) is 7.13. The summed E-state index contributed by atoms with van der Waals surface area (Å²) in [5, 5.41) is 13.4. The summed E-state index contributed by atoms with van der Waals surface area (Å²) in [4.78, 5) is 0. The van der Waals surface area contributed by atoms with Gasteiger partial charge in [0, 0.05) is 18.2 Å². The first kappa shape index (κ1) is 12.8. The minimum absolute atomic E-state index is 0.203. The summed E-state index contributed by atoms with van der Waals surface area (Å²) in [6.45, 7) is 1.94. The van der Waals surface area contributed by atoms with Crippen LogP contribution in [0.4, 0.5) is 0 Å². The van der Waals surface area contributed by atoms with Gasteiger partial charge in [0.1, 0.15) is 13.2 Å². The van der Waals surface area contributed by atoms with Crippen LogP contribution in [0.1, 0.15) is 31.2 Å². The lowest BCUT2D eigenvalue weighted by Crippen LogP contribution is -2.41. The zero-order valence-electron chi connectivity index (χ0n) is 11.1. The summed E-state index contributed by atoms with van der Waals surface area (Å²) >= 11 is 0. The molecule has 0 spiro atoms. The van der Waals surface area contributed by atoms with Crippen molar-refractivity contribution in [2.24, 2.45) is 0 Å². The van der Waals surface area contributed by atoms with E-state index in [1.165, 1.54) is 6.42 Å². The molecule has 4 nitrogen and oxygen atoms in total. The van der Waals surface area contributed by atoms with E-state index in [-0.39, 0.29) is 12.1 Å². The lowest BCUT2D eigenvalue weighted by Gasteiger charge is -2.29. The summed E-state index contributed by atoms with van der Waals surface area (Å²) in [5.74, 6) is 1.68. The summed E-state index contributed by atoms with van der Waals surface area (Å²) in [6, 6.07) is 6.18. The fourth-order valence-corrected chi connectivity index (χ4v) is 2.86. The fraction of sp³-hybridized carbons (Fsp3) is 0.600. The molecule has 4 heteroatoms. The average molecular weight is 263 g/mol. The molecule has 104 valence electrons. The van der Waals surface area contributed by atoms with Gasteiger partial charge in [0.15, 0.2) is 11.5 Å². The molecule has 1 aromatic rings. The minimum atomic E-state index is -0.217. The van der Waals surface area contributed by atoms with Crippen molar-refractivity contribution < 1.29 is 14.6 Å². The maximum atomic E-state index is 9.97. The van der Waals surface area contributed by atoms with E-state index in [0.717, 1.165) is 36.3 Å². The molecule has 0 saturated heterocycles. The van der Waals surface area contributed by atoms with Gasteiger partial charge in [0.25, 0.3) is 0 Å². The van der Waals surface area contributed by atoms with Gasteiger partial charge >= 0.3 is 0 Å². The zero-order chi connectivity index (χ0) is 13.1. The van der Waals surface area contributed by atoms with E-state index in [2.05, 4.69) is 11.4 Å². The second-order valence-corrected chi connectivity index (χ2v) is 5.28. The number of rotatable bonds is 3. The lowest BCUT2D eigenvalue weighted by molar-refractivity contribution is 0.0899. The summed E-state index contributed by atoms with van der Waals surface area (Å²) in [6.07, 6.45) is 4.07. The van der Waals surface area contributed by atoms with Crippen LogP contribution in [0.5, 0.6) is 11.5 Å². The van der Waals surface area contributed by atoms with E-state index in [1.54, 1.807) is 0 Å². The van der Waals surface area contributed by atoms with Crippen molar-refractivity contribution in [1.82, 2.24) is 5.32 Å². The van der Waals surface area contributed by atoms with Gasteiger partial charge in [-0.15, -0.1) is 0 Å². The van der Waals surface area contributed by atoms with Crippen molar-refractivity contribution in [2.45, 2.75) is 44.4 Å². The number of aliphatic hydroxyl groups excluding tert-OH is 1. The van der Waals surface area contributed by atoms with E-state index >= 15 is 0 Å². The smallest absolute Gasteiger partial charge is 0.165 e. The average Bonchev–Trinajstić information content (AvgIpc) is 2.46. The number of hydrogen-bond acceptors (Lipinski definition) is 4. The summed E-state index contributed by atoms with van der Waals surface area (Å²) < 4.78 is 11.3. The second-order valence-electron chi connectivity index (χ2n) is 5.28. The monoisotopic (exact) mass is 263 g/mol. The Kier molecular flexibility index (Phi) is 3.89. The van der Waals surface area contributed by atoms with Crippen LogP contribution in [0.2, 0.25) is 0 Å². The topological polar surface area (TPSA) is 50.7 Å². The fourth-order valence-electron chi connectivity index (χ4n) is 2.86. The Bertz CT molecular complexity index is 435. The molecule has 0 amide bonds. The highest BCUT2D eigenvalue weighted by atomic mass is 16.6. The molecule has 1 aromatic carbocycles. The molecule has 1 heterocycles. The minimum Gasteiger partial charge on any atom is -0.486 e. The Labute approximate surface area is 113 Å². The van der Waals surface area contributed by atoms with Crippen molar-refractivity contribution in [2.75, 3.05) is 13.2 Å². The maximum Gasteiger partial charge on any atom is 0.165 e. The van der Waals surface area contributed by atoms with Crippen LogP contribution in [0.15, 0.2) is 18.2 Å². The molecule has 1 fully saturated rings. The third-order valence-electron chi connectivity index (χ3n) is 3.93. The molecule has 2 N–H and O–H groups in total. The van der Waals surface area contributed by atoms with Crippen LogP contribution in [-0.2, 0) is 6.54 Å². The standard InChI is InChI=1S/C15H21NO3/c17-13-6-2-1-5-12(13)16-10-11-4-3-7-14-15(11)19-9-8-18-14/h3-4,7,12-13,16-17H,1-2,5-6,8-10H2.